The molecule has 0 saturated heterocycles. The molecule has 0 aliphatic carbocycles. The first-order valence-electron chi connectivity index (χ1n) is 3.03. The summed E-state index contributed by atoms with van der Waals surface area (Å²) in [7, 11) is 0. The van der Waals surface area contributed by atoms with Crippen LogP contribution in [-0.4, -0.2) is 6.69 Å². The van der Waals surface area contributed by atoms with Crippen LogP contribution in [-0.2, 0) is 0 Å². The second kappa shape index (κ2) is 4.07. The predicted octanol–water partition coefficient (Wildman–Crippen LogP) is 3.33. The minimum atomic E-state index is -1.13. The van der Waals surface area contributed by atoms with Crippen molar-refractivity contribution >= 4 is 22.0 Å². The van der Waals surface area contributed by atoms with Crippen LogP contribution < -0.4 is 0 Å². The van der Waals surface area contributed by atoms with E-state index in [2.05, 4.69) is 35.0 Å². The molecule has 0 nitrogen and oxygen atoms in total. The number of hydrogen-bond donors (Lipinski definition) is 0. The average molecular weight is 205 g/mol. The quantitative estimate of drug-likeness (QED) is 0.375. The molecule has 0 radical (unpaired) electrons. The summed E-state index contributed by atoms with van der Waals surface area (Å²) in [5.74, 6) is 0. The summed E-state index contributed by atoms with van der Waals surface area (Å²) in [6, 6.07) is 2.25. The first kappa shape index (κ1) is 9.18. The molecule has 52 valence electrons. The lowest BCUT2D eigenvalue weighted by Crippen LogP contribution is -2.17. The van der Waals surface area contributed by atoms with Crippen LogP contribution in [0.3, 0.4) is 0 Å². The zero-order valence-corrected chi connectivity index (χ0v) is 8.45. The topological polar surface area (TPSA) is 0 Å². The lowest BCUT2D eigenvalue weighted by atomic mass is 10.7. The highest BCUT2D eigenvalue weighted by Crippen LogP contribution is 2.22. The Hall–Kier alpha value is 0.177. The van der Waals surface area contributed by atoms with Gasteiger partial charge in [0.2, 0.25) is 0 Å². The van der Waals surface area contributed by atoms with Crippen molar-refractivity contribution in [2.24, 2.45) is 0 Å². The molecule has 0 aromatic carbocycles. The lowest BCUT2D eigenvalue weighted by molar-refractivity contribution is 1.51. The summed E-state index contributed by atoms with van der Waals surface area (Å²) in [5, 5.41) is 0. The van der Waals surface area contributed by atoms with Crippen LogP contribution in [0.2, 0.25) is 18.6 Å². The Morgan fingerprint density at radius 2 is 1.67 bits per heavy atom. The van der Waals surface area contributed by atoms with Crippen LogP contribution in [0.25, 0.3) is 0 Å². The summed E-state index contributed by atoms with van der Waals surface area (Å²) in [4.78, 5) is 0. The maximum absolute atomic E-state index is 3.70. The highest BCUT2D eigenvalue weighted by atomic mass is 79.9. The Bertz CT molecular complexity index is 95.5. The number of hydrogen-bond acceptors (Lipinski definition) is 0. The monoisotopic (exact) mass is 204 g/mol. The Kier molecular flexibility index (Phi) is 4.15. The fourth-order valence-electron chi connectivity index (χ4n) is 0.685. The fourth-order valence-corrected chi connectivity index (χ4v) is 3.43. The second-order valence-corrected chi connectivity index (χ2v) is 11.8. The summed E-state index contributed by atoms with van der Waals surface area (Å²) in [6.45, 7) is 8.54. The normalized spacial score (nSPS) is 10.9. The van der Waals surface area contributed by atoms with E-state index in [9.17, 15) is 0 Å². The maximum atomic E-state index is 3.70. The van der Waals surface area contributed by atoms with Crippen molar-refractivity contribution in [1.29, 1.82) is 0 Å². The number of rotatable bonds is 4. The van der Waals surface area contributed by atoms with Gasteiger partial charge < -0.3 is 0 Å². The van der Waals surface area contributed by atoms with Gasteiger partial charge in [-0.3, -0.25) is 0 Å². The molecule has 9 heavy (non-hydrogen) atoms. The molecule has 0 aliphatic heterocycles. The van der Waals surface area contributed by atoms with Crippen LogP contribution in [0, 0.1) is 0 Å². The van der Waals surface area contributed by atoms with Crippen molar-refractivity contribution in [3.05, 3.63) is 25.3 Å². The maximum Gasteiger partial charge on any atom is 0.134 e. The van der Waals surface area contributed by atoms with Gasteiger partial charge in [0.1, 0.15) is 6.69 Å². The molecular formula is C7H13BrSi. The van der Waals surface area contributed by atoms with Crippen molar-refractivity contribution in [2.45, 2.75) is 18.6 Å². The van der Waals surface area contributed by atoms with Gasteiger partial charge in [-0.15, -0.1) is 28.5 Å². The van der Waals surface area contributed by atoms with E-state index in [1.165, 1.54) is 0 Å². The van der Waals surface area contributed by atoms with Gasteiger partial charge in [0.05, 0.1) is 0 Å². The molecule has 0 fully saturated rings. The van der Waals surface area contributed by atoms with Gasteiger partial charge >= 0.3 is 0 Å². The Morgan fingerprint density at radius 3 is 1.89 bits per heavy atom. The third kappa shape index (κ3) is 4.67. The minimum absolute atomic E-state index is 1.12. The second-order valence-electron chi connectivity index (χ2n) is 2.40. The van der Waals surface area contributed by atoms with E-state index >= 15 is 0 Å². The van der Waals surface area contributed by atoms with Crippen LogP contribution in [0.15, 0.2) is 25.3 Å². The molecule has 0 atom stereocenters. The van der Waals surface area contributed by atoms with Crippen molar-refractivity contribution in [3.8, 4) is 0 Å². The first-order valence-corrected chi connectivity index (χ1v) is 8.20. The molecule has 2 heteroatoms. The SMILES string of the molecule is C=CC[Si](C)(Br)CC=C. The highest BCUT2D eigenvalue weighted by molar-refractivity contribution is 9.26. The van der Waals surface area contributed by atoms with Crippen LogP contribution >= 0.6 is 15.3 Å². The van der Waals surface area contributed by atoms with Gasteiger partial charge in [-0.2, -0.15) is 0 Å². The van der Waals surface area contributed by atoms with E-state index in [0.717, 1.165) is 12.1 Å². The van der Waals surface area contributed by atoms with Crippen molar-refractivity contribution < 1.29 is 0 Å². The first-order chi connectivity index (χ1) is 4.12. The van der Waals surface area contributed by atoms with Crippen molar-refractivity contribution in [3.63, 3.8) is 0 Å². The Labute approximate surface area is 66.2 Å². The smallest absolute Gasteiger partial charge is 0.126 e. The van der Waals surface area contributed by atoms with E-state index in [-0.39, 0.29) is 0 Å². The highest BCUT2D eigenvalue weighted by Gasteiger charge is 2.18. The van der Waals surface area contributed by atoms with E-state index in [1.54, 1.807) is 0 Å². The van der Waals surface area contributed by atoms with Gasteiger partial charge in [0.25, 0.3) is 0 Å². The summed E-state index contributed by atoms with van der Waals surface area (Å²) in [6.07, 6.45) is 3.95. The Morgan fingerprint density at radius 1 is 1.33 bits per heavy atom. The molecule has 0 N–H and O–H groups in total. The molecule has 0 aliphatic rings. The van der Waals surface area contributed by atoms with E-state index in [0.29, 0.717) is 0 Å². The van der Waals surface area contributed by atoms with Crippen LogP contribution in [0.5, 0.6) is 0 Å². The van der Waals surface area contributed by atoms with Gasteiger partial charge in [-0.05, 0) is 12.1 Å². The fraction of sp³-hybridized carbons (Fsp3) is 0.429. The molecule has 0 bridgehead atoms. The van der Waals surface area contributed by atoms with Gasteiger partial charge in [0, 0.05) is 0 Å². The van der Waals surface area contributed by atoms with E-state index in [4.69, 9.17) is 0 Å². The molecular weight excluding hydrogens is 192 g/mol. The summed E-state index contributed by atoms with van der Waals surface area (Å²) < 4.78 is 0. The molecule has 0 aromatic heterocycles. The average Bonchev–Trinajstić information content (AvgIpc) is 1.64. The lowest BCUT2D eigenvalue weighted by Gasteiger charge is -2.13. The van der Waals surface area contributed by atoms with Gasteiger partial charge in [-0.25, -0.2) is 0 Å². The largest absolute Gasteiger partial charge is 0.134 e. The van der Waals surface area contributed by atoms with E-state index in [1.807, 2.05) is 12.2 Å². The van der Waals surface area contributed by atoms with Crippen LogP contribution in [0.1, 0.15) is 0 Å². The van der Waals surface area contributed by atoms with E-state index < -0.39 is 6.69 Å². The minimum Gasteiger partial charge on any atom is -0.126 e. The number of allylic oxidation sites excluding steroid dienone is 2. The molecule has 0 heterocycles. The van der Waals surface area contributed by atoms with Crippen molar-refractivity contribution in [2.75, 3.05) is 0 Å². The predicted molar refractivity (Wildman–Crippen MR) is 50.6 cm³/mol. The Balaban J connectivity index is 3.68. The number of halogens is 1. The molecule has 0 unspecified atom stereocenters. The third-order valence-electron chi connectivity index (χ3n) is 1.14. The summed E-state index contributed by atoms with van der Waals surface area (Å²) >= 11 is 3.70. The zero-order valence-electron chi connectivity index (χ0n) is 5.86. The molecule has 0 saturated carbocycles. The molecule has 0 rings (SSSR count). The summed E-state index contributed by atoms with van der Waals surface area (Å²) in [5.41, 5.74) is 0. The standard InChI is InChI=1S/C7H13BrSi/c1-4-6-9(3,8)7-5-2/h4-5H,1-2,6-7H2,3H3. The molecule has 0 amide bonds. The van der Waals surface area contributed by atoms with Gasteiger partial charge in [-0.1, -0.05) is 18.7 Å². The molecule has 0 spiro atoms. The zero-order chi connectivity index (χ0) is 7.33. The molecule has 0 aromatic rings. The van der Waals surface area contributed by atoms with Crippen LogP contribution in [0.4, 0.5) is 0 Å². The van der Waals surface area contributed by atoms with Crippen molar-refractivity contribution in [1.82, 2.24) is 0 Å². The third-order valence-corrected chi connectivity index (χ3v) is 5.36. The van der Waals surface area contributed by atoms with Gasteiger partial charge in [0.15, 0.2) is 0 Å².